The molecule has 1 aliphatic heterocycles. The van der Waals surface area contributed by atoms with Crippen LogP contribution in [0.15, 0.2) is 48.5 Å². The van der Waals surface area contributed by atoms with Crippen molar-refractivity contribution in [3.05, 3.63) is 65.5 Å². The smallest absolute Gasteiger partial charge is 0.251 e. The number of nitrogens with one attached hydrogen (secondary N) is 2. The summed E-state index contributed by atoms with van der Waals surface area (Å²) < 4.78 is 19.1. The Bertz CT molecular complexity index is 833. The highest BCUT2D eigenvalue weighted by Crippen LogP contribution is 2.35. The number of carbonyl (C=O) groups is 2. The Kier molecular flexibility index (Phi) is 6.26. The second kappa shape index (κ2) is 8.84. The molecule has 28 heavy (non-hydrogen) atoms. The lowest BCUT2D eigenvalue weighted by molar-refractivity contribution is -0.130. The number of phenolic OH excluding ortho intramolecular Hbond substituents is 1. The Morgan fingerprint density at radius 2 is 1.71 bits per heavy atom. The van der Waals surface area contributed by atoms with Gasteiger partial charge in [-0.15, -0.1) is 0 Å². The van der Waals surface area contributed by atoms with Gasteiger partial charge in [-0.3, -0.25) is 9.59 Å². The minimum absolute atomic E-state index is 0.0860. The molecule has 1 saturated heterocycles. The van der Waals surface area contributed by atoms with Gasteiger partial charge in [0.05, 0.1) is 5.41 Å². The first-order valence-electron chi connectivity index (χ1n) is 9.21. The molecule has 3 rings (SSSR count). The number of aromatic hydroxyl groups is 1. The van der Waals surface area contributed by atoms with Crippen molar-refractivity contribution in [3.8, 4) is 5.75 Å². The van der Waals surface area contributed by atoms with E-state index < -0.39 is 5.41 Å². The van der Waals surface area contributed by atoms with Crippen LogP contribution < -0.4 is 10.6 Å². The fourth-order valence-corrected chi connectivity index (χ4v) is 3.39. The van der Waals surface area contributed by atoms with Crippen LogP contribution in [0.4, 0.5) is 4.39 Å². The molecule has 1 aliphatic rings. The molecule has 0 atom stereocenters. The molecule has 2 aromatic carbocycles. The van der Waals surface area contributed by atoms with Crippen LogP contribution in [-0.4, -0.2) is 43.2 Å². The van der Waals surface area contributed by atoms with Crippen LogP contribution in [-0.2, 0) is 14.9 Å². The van der Waals surface area contributed by atoms with Crippen molar-refractivity contribution in [2.45, 2.75) is 18.3 Å². The quantitative estimate of drug-likeness (QED) is 0.664. The van der Waals surface area contributed by atoms with Gasteiger partial charge in [0.1, 0.15) is 11.6 Å². The first-order chi connectivity index (χ1) is 13.5. The highest BCUT2D eigenvalue weighted by Gasteiger charge is 2.41. The summed E-state index contributed by atoms with van der Waals surface area (Å²) in [5.41, 5.74) is 0.229. The Hall–Kier alpha value is -2.93. The van der Waals surface area contributed by atoms with E-state index in [0.717, 1.165) is 0 Å². The van der Waals surface area contributed by atoms with Crippen LogP contribution in [0.25, 0.3) is 0 Å². The summed E-state index contributed by atoms with van der Waals surface area (Å²) >= 11 is 0. The molecule has 3 N–H and O–H groups in total. The van der Waals surface area contributed by atoms with Crippen molar-refractivity contribution < 1.29 is 23.8 Å². The van der Waals surface area contributed by atoms with E-state index >= 15 is 0 Å². The summed E-state index contributed by atoms with van der Waals surface area (Å²) in [7, 11) is 0. The Morgan fingerprint density at radius 1 is 1.04 bits per heavy atom. The molecule has 6 nitrogen and oxygen atoms in total. The minimum Gasteiger partial charge on any atom is -0.508 e. The maximum absolute atomic E-state index is 13.7. The maximum atomic E-state index is 13.7. The average Bonchev–Trinajstić information content (AvgIpc) is 2.72. The maximum Gasteiger partial charge on any atom is 0.251 e. The number of amides is 2. The molecule has 2 amide bonds. The number of benzene rings is 2. The van der Waals surface area contributed by atoms with Crippen LogP contribution in [0.2, 0.25) is 0 Å². The summed E-state index contributed by atoms with van der Waals surface area (Å²) in [5.74, 6) is -0.777. The predicted molar refractivity (Wildman–Crippen MR) is 102 cm³/mol. The van der Waals surface area contributed by atoms with E-state index in [9.17, 15) is 19.1 Å². The fraction of sp³-hybridized carbons (Fsp3) is 0.333. The molecule has 148 valence electrons. The minimum atomic E-state index is -0.832. The first-order valence-corrected chi connectivity index (χ1v) is 9.21. The zero-order valence-electron chi connectivity index (χ0n) is 15.4. The van der Waals surface area contributed by atoms with Crippen molar-refractivity contribution >= 4 is 11.8 Å². The lowest BCUT2D eigenvalue weighted by Crippen LogP contribution is -2.49. The fourth-order valence-electron chi connectivity index (χ4n) is 3.39. The Balaban J connectivity index is 1.58. The van der Waals surface area contributed by atoms with Crippen LogP contribution >= 0.6 is 0 Å². The molecule has 1 heterocycles. The van der Waals surface area contributed by atoms with Crippen LogP contribution in [0.1, 0.15) is 28.8 Å². The van der Waals surface area contributed by atoms with E-state index in [-0.39, 0.29) is 36.5 Å². The summed E-state index contributed by atoms with van der Waals surface area (Å²) in [5, 5.41) is 14.8. The number of carbonyl (C=O) groups excluding carboxylic acids is 2. The van der Waals surface area contributed by atoms with Crippen LogP contribution in [0.3, 0.4) is 0 Å². The van der Waals surface area contributed by atoms with Gasteiger partial charge >= 0.3 is 0 Å². The van der Waals surface area contributed by atoms with Gasteiger partial charge in [-0.2, -0.15) is 0 Å². The zero-order valence-corrected chi connectivity index (χ0v) is 15.4. The van der Waals surface area contributed by atoms with Crippen molar-refractivity contribution in [2.24, 2.45) is 0 Å². The van der Waals surface area contributed by atoms with Crippen molar-refractivity contribution in [2.75, 3.05) is 26.3 Å². The first kappa shape index (κ1) is 19.8. The standard InChI is InChI=1S/C21H23FN2O4/c22-17-3-1-2-16(14-17)21(8-12-28-13-9-21)20(27)24-11-10-23-19(26)15-4-6-18(25)7-5-15/h1-7,14,25H,8-13H2,(H,23,26)(H,24,27). The molecule has 1 fully saturated rings. The lowest BCUT2D eigenvalue weighted by atomic mass is 9.73. The summed E-state index contributed by atoms with van der Waals surface area (Å²) in [6, 6.07) is 12.0. The van der Waals surface area contributed by atoms with Crippen molar-refractivity contribution in [1.29, 1.82) is 0 Å². The summed E-state index contributed by atoms with van der Waals surface area (Å²) in [4.78, 5) is 25.0. The van der Waals surface area contributed by atoms with Gasteiger partial charge in [0.2, 0.25) is 5.91 Å². The van der Waals surface area contributed by atoms with E-state index in [1.165, 1.54) is 36.4 Å². The molecular formula is C21H23FN2O4. The lowest BCUT2D eigenvalue weighted by Gasteiger charge is -2.36. The number of hydrogen-bond acceptors (Lipinski definition) is 4. The second-order valence-corrected chi connectivity index (χ2v) is 6.76. The molecular weight excluding hydrogens is 363 g/mol. The van der Waals surface area contributed by atoms with Gasteiger partial charge in [-0.25, -0.2) is 4.39 Å². The highest BCUT2D eigenvalue weighted by atomic mass is 19.1. The van der Waals surface area contributed by atoms with Gasteiger partial charge < -0.3 is 20.5 Å². The number of hydrogen-bond donors (Lipinski definition) is 3. The number of ether oxygens (including phenoxy) is 1. The molecule has 0 radical (unpaired) electrons. The SMILES string of the molecule is O=C(NCCNC(=O)C1(c2cccc(F)c2)CCOCC1)c1ccc(O)cc1. The zero-order chi connectivity index (χ0) is 20.0. The third-order valence-corrected chi connectivity index (χ3v) is 4.98. The Morgan fingerprint density at radius 3 is 2.39 bits per heavy atom. The van der Waals surface area contributed by atoms with Crippen molar-refractivity contribution in [1.82, 2.24) is 10.6 Å². The molecule has 2 aromatic rings. The van der Waals surface area contributed by atoms with Crippen molar-refractivity contribution in [3.63, 3.8) is 0 Å². The molecule has 7 heteroatoms. The largest absolute Gasteiger partial charge is 0.508 e. The van der Waals surface area contributed by atoms with Gasteiger partial charge in [0.25, 0.3) is 5.91 Å². The molecule has 0 unspecified atom stereocenters. The van der Waals surface area contributed by atoms with E-state index in [1.807, 2.05) is 0 Å². The van der Waals surface area contributed by atoms with Crippen LogP contribution in [0, 0.1) is 5.82 Å². The monoisotopic (exact) mass is 386 g/mol. The molecule has 0 bridgehead atoms. The second-order valence-electron chi connectivity index (χ2n) is 6.76. The van der Waals surface area contributed by atoms with Gasteiger partial charge in [-0.1, -0.05) is 12.1 Å². The molecule has 0 spiro atoms. The summed E-state index contributed by atoms with van der Waals surface area (Å²) in [6.07, 6.45) is 0.949. The third kappa shape index (κ3) is 4.48. The summed E-state index contributed by atoms with van der Waals surface area (Å²) in [6.45, 7) is 1.37. The highest BCUT2D eigenvalue weighted by molar-refractivity contribution is 5.94. The third-order valence-electron chi connectivity index (χ3n) is 4.98. The number of halogens is 1. The molecule has 0 aromatic heterocycles. The molecule has 0 saturated carbocycles. The van der Waals surface area contributed by atoms with E-state index in [2.05, 4.69) is 10.6 Å². The van der Waals surface area contributed by atoms with Gasteiger partial charge in [0.15, 0.2) is 0 Å². The number of phenols is 1. The number of rotatable bonds is 6. The topological polar surface area (TPSA) is 87.7 Å². The average molecular weight is 386 g/mol. The normalized spacial score (nSPS) is 15.6. The van der Waals surface area contributed by atoms with Gasteiger partial charge in [-0.05, 0) is 54.8 Å². The predicted octanol–water partition coefficient (Wildman–Crippen LogP) is 2.13. The molecule has 0 aliphatic carbocycles. The van der Waals surface area contributed by atoms with E-state index in [1.54, 1.807) is 12.1 Å². The van der Waals surface area contributed by atoms with E-state index in [0.29, 0.717) is 37.2 Å². The van der Waals surface area contributed by atoms with Crippen LogP contribution in [0.5, 0.6) is 5.75 Å². The van der Waals surface area contributed by atoms with Gasteiger partial charge in [0, 0.05) is 31.9 Å². The van der Waals surface area contributed by atoms with E-state index in [4.69, 9.17) is 4.74 Å². The Labute approximate surface area is 162 Å².